The van der Waals surface area contributed by atoms with Crippen LogP contribution in [-0.4, -0.2) is 43.6 Å². The molecule has 0 spiro atoms. The van der Waals surface area contributed by atoms with Crippen molar-refractivity contribution in [2.75, 3.05) is 6.54 Å². The molecule has 0 unspecified atom stereocenters. The van der Waals surface area contributed by atoms with E-state index in [2.05, 4.69) is 34.3 Å². The first-order valence-corrected chi connectivity index (χ1v) is 13.0. The molecular formula is C30H33FN4O3. The summed E-state index contributed by atoms with van der Waals surface area (Å²) in [7, 11) is 1.85. The van der Waals surface area contributed by atoms with Crippen LogP contribution in [0.25, 0.3) is 11.0 Å². The number of fused-ring (bicyclic) bond motifs is 2. The van der Waals surface area contributed by atoms with Crippen molar-refractivity contribution < 1.29 is 19.0 Å². The molecule has 0 bridgehead atoms. The molecule has 5 rings (SSSR count). The van der Waals surface area contributed by atoms with E-state index in [0.29, 0.717) is 25.4 Å². The molecule has 0 saturated heterocycles. The summed E-state index contributed by atoms with van der Waals surface area (Å²) in [6.07, 6.45) is 0.628. The molecule has 0 amide bonds. The van der Waals surface area contributed by atoms with Crippen molar-refractivity contribution in [1.29, 1.82) is 0 Å². The van der Waals surface area contributed by atoms with E-state index < -0.39 is 5.97 Å². The molecular weight excluding hydrogens is 483 g/mol. The summed E-state index contributed by atoms with van der Waals surface area (Å²) < 4.78 is 22.3. The number of rotatable bonds is 7. The number of nitrogens with zero attached hydrogens (tertiary/aromatic N) is 4. The van der Waals surface area contributed by atoms with Crippen LogP contribution in [0, 0.1) is 19.7 Å². The van der Waals surface area contributed by atoms with E-state index in [1.165, 1.54) is 6.07 Å². The lowest BCUT2D eigenvalue weighted by Gasteiger charge is -2.25. The predicted octanol–water partition coefficient (Wildman–Crippen LogP) is 5.50. The molecule has 0 fully saturated rings. The van der Waals surface area contributed by atoms with Crippen LogP contribution in [0.3, 0.4) is 0 Å². The van der Waals surface area contributed by atoms with Crippen molar-refractivity contribution in [2.24, 2.45) is 7.05 Å². The fourth-order valence-corrected chi connectivity index (χ4v) is 5.47. The number of carboxylic acids is 1. The van der Waals surface area contributed by atoms with Gasteiger partial charge in [-0.05, 0) is 60.2 Å². The first kappa shape index (κ1) is 25.9. The third-order valence-electron chi connectivity index (χ3n) is 7.65. The Morgan fingerprint density at radius 2 is 2.03 bits per heavy atom. The standard InChI is InChI=1S/C30H33FN4O3/c1-5-23-17-35(15-21-7-6-8-26(31)30(21)38-23)16-22-13-20(10-9-18(22)2)25(14-28(36)37)24-11-12-27-29(19(24)3)32-33-34(27)4/h6-13,23,25H,5,14-17H2,1-4H3,(H,36,37)/t23-,25-/m1/s1. The van der Waals surface area contributed by atoms with Crippen molar-refractivity contribution >= 4 is 17.0 Å². The zero-order valence-corrected chi connectivity index (χ0v) is 22.2. The summed E-state index contributed by atoms with van der Waals surface area (Å²) >= 11 is 0. The van der Waals surface area contributed by atoms with E-state index in [0.717, 1.165) is 50.8 Å². The molecule has 1 N–H and O–H groups in total. The first-order chi connectivity index (χ1) is 18.2. The zero-order valence-electron chi connectivity index (χ0n) is 22.2. The van der Waals surface area contributed by atoms with Gasteiger partial charge in [-0.25, -0.2) is 9.07 Å². The average Bonchev–Trinajstić information content (AvgIpc) is 3.16. The fourth-order valence-electron chi connectivity index (χ4n) is 5.47. The SMILES string of the molecule is CC[C@@H]1CN(Cc2cc([C@@H](CC(=O)O)c3ccc4c(nnn4C)c3C)ccc2C)Cc2cccc(F)c2O1. The Hall–Kier alpha value is -3.78. The second kappa shape index (κ2) is 10.5. The molecule has 2 atom stereocenters. The minimum Gasteiger partial charge on any atom is -0.486 e. The molecule has 0 saturated carbocycles. The first-order valence-electron chi connectivity index (χ1n) is 13.0. The van der Waals surface area contributed by atoms with Gasteiger partial charge in [-0.15, -0.1) is 5.10 Å². The maximum Gasteiger partial charge on any atom is 0.304 e. The second-order valence-electron chi connectivity index (χ2n) is 10.2. The van der Waals surface area contributed by atoms with Crippen molar-refractivity contribution in [3.8, 4) is 5.75 Å². The van der Waals surface area contributed by atoms with E-state index in [1.807, 2.05) is 45.2 Å². The Labute approximate surface area is 221 Å². The van der Waals surface area contributed by atoms with Gasteiger partial charge in [0.05, 0.1) is 11.9 Å². The summed E-state index contributed by atoms with van der Waals surface area (Å²) in [5.74, 6) is -1.16. The summed E-state index contributed by atoms with van der Waals surface area (Å²) in [5, 5.41) is 18.3. The van der Waals surface area contributed by atoms with Crippen LogP contribution in [0.1, 0.15) is 59.1 Å². The van der Waals surface area contributed by atoms with Crippen molar-refractivity contribution in [3.63, 3.8) is 0 Å². The Kier molecular flexibility index (Phi) is 7.17. The fraction of sp³-hybridized carbons (Fsp3) is 0.367. The summed E-state index contributed by atoms with van der Waals surface area (Å²) in [5.41, 5.74) is 7.61. The van der Waals surface area contributed by atoms with E-state index in [9.17, 15) is 14.3 Å². The number of para-hydroxylation sites is 1. The van der Waals surface area contributed by atoms with Gasteiger partial charge in [0.1, 0.15) is 11.6 Å². The molecule has 7 nitrogen and oxygen atoms in total. The van der Waals surface area contributed by atoms with Crippen LogP contribution in [0.4, 0.5) is 4.39 Å². The molecule has 198 valence electrons. The van der Waals surface area contributed by atoms with Crippen LogP contribution < -0.4 is 4.74 Å². The molecule has 4 aromatic rings. The predicted molar refractivity (Wildman–Crippen MR) is 144 cm³/mol. The smallest absolute Gasteiger partial charge is 0.304 e. The quantitative estimate of drug-likeness (QED) is 0.349. The third kappa shape index (κ3) is 5.00. The van der Waals surface area contributed by atoms with E-state index in [-0.39, 0.29) is 24.3 Å². The van der Waals surface area contributed by atoms with E-state index in [4.69, 9.17) is 4.74 Å². The van der Waals surface area contributed by atoms with Gasteiger partial charge in [-0.2, -0.15) is 0 Å². The number of aromatic nitrogens is 3. The summed E-state index contributed by atoms with van der Waals surface area (Å²) in [6.45, 7) is 8.00. The molecule has 1 aliphatic rings. The Balaban J connectivity index is 1.50. The van der Waals surface area contributed by atoms with Crippen molar-refractivity contribution in [1.82, 2.24) is 19.9 Å². The normalized spacial score (nSPS) is 16.6. The molecule has 3 aromatic carbocycles. The lowest BCUT2D eigenvalue weighted by Crippen LogP contribution is -2.32. The third-order valence-corrected chi connectivity index (χ3v) is 7.65. The number of carbonyl (C=O) groups is 1. The molecule has 0 radical (unpaired) electrons. The molecule has 38 heavy (non-hydrogen) atoms. The van der Waals surface area contributed by atoms with Crippen molar-refractivity contribution in [2.45, 2.75) is 58.7 Å². The zero-order chi connectivity index (χ0) is 27.0. The topological polar surface area (TPSA) is 80.5 Å². The highest BCUT2D eigenvalue weighted by Gasteiger charge is 2.26. The molecule has 1 aliphatic heterocycles. The summed E-state index contributed by atoms with van der Waals surface area (Å²) in [4.78, 5) is 14.3. The van der Waals surface area contributed by atoms with Gasteiger partial charge in [-0.3, -0.25) is 9.69 Å². The molecule has 2 heterocycles. The summed E-state index contributed by atoms with van der Waals surface area (Å²) in [6, 6.07) is 15.3. The molecule has 1 aromatic heterocycles. The number of aryl methyl sites for hydroxylation is 3. The highest BCUT2D eigenvalue weighted by atomic mass is 19.1. The van der Waals surface area contributed by atoms with Gasteiger partial charge in [0, 0.05) is 38.2 Å². The minimum atomic E-state index is -0.857. The number of hydrogen-bond acceptors (Lipinski definition) is 5. The molecule has 0 aliphatic carbocycles. The Morgan fingerprint density at radius 1 is 1.21 bits per heavy atom. The van der Waals surface area contributed by atoms with E-state index >= 15 is 0 Å². The van der Waals surface area contributed by atoms with Crippen LogP contribution >= 0.6 is 0 Å². The highest BCUT2D eigenvalue weighted by Crippen LogP contribution is 2.35. The lowest BCUT2D eigenvalue weighted by molar-refractivity contribution is -0.137. The van der Waals surface area contributed by atoms with Crippen LogP contribution in [-0.2, 0) is 24.9 Å². The number of halogens is 1. The average molecular weight is 517 g/mol. The van der Waals surface area contributed by atoms with Crippen LogP contribution in [0.5, 0.6) is 5.75 Å². The largest absolute Gasteiger partial charge is 0.486 e. The van der Waals surface area contributed by atoms with E-state index in [1.54, 1.807) is 10.7 Å². The van der Waals surface area contributed by atoms with Crippen LogP contribution in [0.15, 0.2) is 48.5 Å². The number of benzene rings is 3. The number of carboxylic acid groups (broad SMARTS) is 1. The lowest BCUT2D eigenvalue weighted by atomic mass is 9.84. The van der Waals surface area contributed by atoms with Gasteiger partial charge in [0.15, 0.2) is 11.6 Å². The maximum absolute atomic E-state index is 14.5. The number of aliphatic carboxylic acids is 1. The number of hydrogen-bond donors (Lipinski definition) is 1. The van der Waals surface area contributed by atoms with Crippen LogP contribution in [0.2, 0.25) is 0 Å². The monoisotopic (exact) mass is 516 g/mol. The van der Waals surface area contributed by atoms with Gasteiger partial charge in [0.2, 0.25) is 0 Å². The molecule has 8 heteroatoms. The minimum absolute atomic E-state index is 0.0305. The second-order valence-corrected chi connectivity index (χ2v) is 10.2. The Bertz CT molecular complexity index is 1500. The maximum atomic E-state index is 14.5. The Morgan fingerprint density at radius 3 is 2.79 bits per heavy atom. The van der Waals surface area contributed by atoms with Crippen molar-refractivity contribution in [3.05, 3.63) is 87.7 Å². The van der Waals surface area contributed by atoms with Gasteiger partial charge < -0.3 is 9.84 Å². The van der Waals surface area contributed by atoms with Gasteiger partial charge >= 0.3 is 5.97 Å². The highest BCUT2D eigenvalue weighted by molar-refractivity contribution is 5.80. The van der Waals surface area contributed by atoms with Gasteiger partial charge in [-0.1, -0.05) is 48.5 Å². The number of ether oxygens (including phenoxy) is 1. The van der Waals surface area contributed by atoms with Gasteiger partial charge in [0.25, 0.3) is 0 Å².